The maximum absolute atomic E-state index is 13.0. The van der Waals surface area contributed by atoms with Gasteiger partial charge in [-0.05, 0) is 49.2 Å². The van der Waals surface area contributed by atoms with E-state index >= 15 is 0 Å². The maximum atomic E-state index is 13.0. The molecule has 0 fully saturated rings. The van der Waals surface area contributed by atoms with Crippen molar-refractivity contribution < 1.29 is 9.18 Å². The number of halogens is 1. The third kappa shape index (κ3) is 2.62. The summed E-state index contributed by atoms with van der Waals surface area (Å²) in [5.41, 5.74) is 3.00. The van der Waals surface area contributed by atoms with Gasteiger partial charge in [-0.1, -0.05) is 6.07 Å². The Hall–Kier alpha value is -2.03. The number of carbonyl (C=O) groups excluding carboxylic acids is 1. The van der Waals surface area contributed by atoms with Crippen molar-refractivity contribution in [1.82, 2.24) is 4.98 Å². The van der Waals surface area contributed by atoms with Crippen LogP contribution in [0.4, 0.5) is 4.39 Å². The van der Waals surface area contributed by atoms with Crippen molar-refractivity contribution in [3.05, 3.63) is 64.7 Å². The van der Waals surface area contributed by atoms with Gasteiger partial charge in [0.2, 0.25) is 0 Å². The van der Waals surface area contributed by atoms with E-state index in [1.165, 1.54) is 12.1 Å². The van der Waals surface area contributed by atoms with Crippen LogP contribution in [0.5, 0.6) is 0 Å². The number of Topliss-reactive ketones (excluding diaryl/α,β-unsaturated/α-hetero) is 1. The number of carbonyl (C=O) groups is 1. The van der Waals surface area contributed by atoms with Gasteiger partial charge >= 0.3 is 0 Å². The third-order valence-corrected chi connectivity index (χ3v) is 2.96. The molecule has 2 nitrogen and oxygen atoms in total. The Bertz CT molecular complexity index is 593. The predicted octanol–water partition coefficient (Wildman–Crippen LogP) is 3.26. The molecule has 0 bridgehead atoms. The third-order valence-electron chi connectivity index (χ3n) is 2.96. The molecule has 92 valence electrons. The van der Waals surface area contributed by atoms with Gasteiger partial charge in [-0.25, -0.2) is 4.39 Å². The van der Waals surface area contributed by atoms with Gasteiger partial charge < -0.3 is 0 Å². The number of aromatic nitrogens is 1. The first-order valence-corrected chi connectivity index (χ1v) is 5.78. The number of aryl methyl sites for hydroxylation is 2. The van der Waals surface area contributed by atoms with E-state index in [0.717, 1.165) is 16.8 Å². The fourth-order valence-corrected chi connectivity index (χ4v) is 1.90. The highest BCUT2D eigenvalue weighted by Crippen LogP contribution is 2.14. The van der Waals surface area contributed by atoms with E-state index in [9.17, 15) is 9.18 Å². The zero-order valence-electron chi connectivity index (χ0n) is 10.4. The fourth-order valence-electron chi connectivity index (χ4n) is 1.90. The Kier molecular flexibility index (Phi) is 3.51. The standard InChI is InChI=1S/C15H14FNO/c1-10-8-13(16)6-5-12(10)9-15(18)14-4-3-7-17-11(14)2/h3-8H,9H2,1-2H3. The monoisotopic (exact) mass is 243 g/mol. The lowest BCUT2D eigenvalue weighted by Gasteiger charge is -2.06. The Morgan fingerprint density at radius 2 is 2.06 bits per heavy atom. The molecule has 0 atom stereocenters. The minimum atomic E-state index is -0.277. The molecule has 2 rings (SSSR count). The first-order chi connectivity index (χ1) is 8.58. The van der Waals surface area contributed by atoms with Crippen LogP contribution in [-0.4, -0.2) is 10.8 Å². The summed E-state index contributed by atoms with van der Waals surface area (Å²) >= 11 is 0. The van der Waals surface area contributed by atoms with Gasteiger partial charge in [0.1, 0.15) is 5.82 Å². The molecular weight excluding hydrogens is 229 g/mol. The molecule has 0 saturated heterocycles. The Morgan fingerprint density at radius 1 is 1.28 bits per heavy atom. The van der Waals surface area contributed by atoms with Crippen molar-refractivity contribution in [3.63, 3.8) is 0 Å². The molecule has 1 aromatic heterocycles. The van der Waals surface area contributed by atoms with Gasteiger partial charge in [-0.2, -0.15) is 0 Å². The van der Waals surface area contributed by atoms with E-state index in [4.69, 9.17) is 0 Å². The molecule has 1 heterocycles. The van der Waals surface area contributed by atoms with Crippen molar-refractivity contribution >= 4 is 5.78 Å². The highest BCUT2D eigenvalue weighted by molar-refractivity contribution is 5.98. The van der Waals surface area contributed by atoms with E-state index in [1.807, 2.05) is 13.8 Å². The minimum absolute atomic E-state index is 0.00954. The molecule has 0 N–H and O–H groups in total. The largest absolute Gasteiger partial charge is 0.294 e. The highest BCUT2D eigenvalue weighted by atomic mass is 19.1. The lowest BCUT2D eigenvalue weighted by molar-refractivity contribution is 0.0991. The molecule has 0 aliphatic heterocycles. The van der Waals surface area contributed by atoms with Gasteiger partial charge in [0, 0.05) is 23.9 Å². The summed E-state index contributed by atoms with van der Waals surface area (Å²) < 4.78 is 13.0. The van der Waals surface area contributed by atoms with Crippen molar-refractivity contribution in [2.75, 3.05) is 0 Å². The first kappa shape index (κ1) is 12.4. The van der Waals surface area contributed by atoms with Crippen molar-refractivity contribution in [2.45, 2.75) is 20.3 Å². The minimum Gasteiger partial charge on any atom is -0.294 e. The summed E-state index contributed by atoms with van der Waals surface area (Å²) in [6, 6.07) is 8.00. The van der Waals surface area contributed by atoms with E-state index in [2.05, 4.69) is 4.98 Å². The lowest BCUT2D eigenvalue weighted by atomic mass is 9.99. The topological polar surface area (TPSA) is 30.0 Å². The molecule has 0 spiro atoms. The summed E-state index contributed by atoms with van der Waals surface area (Å²) in [6.45, 7) is 3.62. The molecule has 0 unspecified atom stereocenters. The zero-order chi connectivity index (χ0) is 13.1. The molecule has 0 amide bonds. The maximum Gasteiger partial charge on any atom is 0.169 e. The van der Waals surface area contributed by atoms with Gasteiger partial charge in [0.25, 0.3) is 0 Å². The van der Waals surface area contributed by atoms with E-state index < -0.39 is 0 Å². The molecule has 0 aliphatic carbocycles. The van der Waals surface area contributed by atoms with Crippen molar-refractivity contribution in [2.24, 2.45) is 0 Å². The Morgan fingerprint density at radius 3 is 2.72 bits per heavy atom. The summed E-state index contributed by atoms with van der Waals surface area (Å²) in [7, 11) is 0. The summed E-state index contributed by atoms with van der Waals surface area (Å²) in [5.74, 6) is -0.267. The van der Waals surface area contributed by atoms with Crippen LogP contribution in [-0.2, 0) is 6.42 Å². The second-order valence-corrected chi connectivity index (χ2v) is 4.31. The molecule has 0 radical (unpaired) electrons. The molecule has 0 saturated carbocycles. The van der Waals surface area contributed by atoms with Gasteiger partial charge in [-0.3, -0.25) is 9.78 Å². The second-order valence-electron chi connectivity index (χ2n) is 4.31. The molecule has 1 aromatic carbocycles. The first-order valence-electron chi connectivity index (χ1n) is 5.78. The summed E-state index contributed by atoms with van der Waals surface area (Å²) in [4.78, 5) is 16.2. The molecular formula is C15H14FNO. The molecule has 0 aliphatic rings. The van der Waals surface area contributed by atoms with Crippen LogP contribution < -0.4 is 0 Å². The number of rotatable bonds is 3. The van der Waals surface area contributed by atoms with E-state index in [0.29, 0.717) is 5.56 Å². The zero-order valence-corrected chi connectivity index (χ0v) is 10.4. The molecule has 3 heteroatoms. The lowest BCUT2D eigenvalue weighted by Crippen LogP contribution is -2.07. The van der Waals surface area contributed by atoms with Crippen LogP contribution in [0.15, 0.2) is 36.5 Å². The highest BCUT2D eigenvalue weighted by Gasteiger charge is 2.11. The van der Waals surface area contributed by atoms with E-state index in [1.54, 1.807) is 24.4 Å². The summed E-state index contributed by atoms with van der Waals surface area (Å²) in [5, 5.41) is 0. The van der Waals surface area contributed by atoms with Crippen LogP contribution >= 0.6 is 0 Å². The van der Waals surface area contributed by atoms with Gasteiger partial charge in [0.15, 0.2) is 5.78 Å². The van der Waals surface area contributed by atoms with E-state index in [-0.39, 0.29) is 18.0 Å². The van der Waals surface area contributed by atoms with Crippen LogP contribution in [0.2, 0.25) is 0 Å². The summed E-state index contributed by atoms with van der Waals surface area (Å²) in [6.07, 6.45) is 1.94. The van der Waals surface area contributed by atoms with Crippen molar-refractivity contribution in [3.8, 4) is 0 Å². The number of hydrogen-bond donors (Lipinski definition) is 0. The number of pyridine rings is 1. The number of nitrogens with zero attached hydrogens (tertiary/aromatic N) is 1. The van der Waals surface area contributed by atoms with Crippen LogP contribution in [0.1, 0.15) is 27.2 Å². The SMILES string of the molecule is Cc1cc(F)ccc1CC(=O)c1cccnc1C. The second kappa shape index (κ2) is 5.08. The number of hydrogen-bond acceptors (Lipinski definition) is 2. The van der Waals surface area contributed by atoms with Gasteiger partial charge in [-0.15, -0.1) is 0 Å². The Labute approximate surface area is 105 Å². The average molecular weight is 243 g/mol. The predicted molar refractivity (Wildman–Crippen MR) is 68.1 cm³/mol. The normalized spacial score (nSPS) is 10.4. The van der Waals surface area contributed by atoms with Gasteiger partial charge in [0.05, 0.1) is 0 Å². The molecule has 2 aromatic rings. The van der Waals surface area contributed by atoms with Crippen LogP contribution in [0, 0.1) is 19.7 Å². The quantitative estimate of drug-likeness (QED) is 0.774. The smallest absolute Gasteiger partial charge is 0.169 e. The van der Waals surface area contributed by atoms with Crippen molar-refractivity contribution in [1.29, 1.82) is 0 Å². The average Bonchev–Trinajstić information content (AvgIpc) is 2.33. The number of benzene rings is 1. The Balaban J connectivity index is 2.24. The van der Waals surface area contributed by atoms with Crippen LogP contribution in [0.25, 0.3) is 0 Å². The number of ketones is 1. The van der Waals surface area contributed by atoms with Crippen LogP contribution in [0.3, 0.4) is 0 Å². The fraction of sp³-hybridized carbons (Fsp3) is 0.200. The molecule has 18 heavy (non-hydrogen) atoms.